The van der Waals surface area contributed by atoms with Crippen LogP contribution in [0.25, 0.3) is 0 Å². The SMILES string of the molecule is [Se]=c1sccs1. The first kappa shape index (κ1) is 4.72. The average molecular weight is 181 g/mol. The Morgan fingerprint density at radius 1 is 1.33 bits per heavy atom. The van der Waals surface area contributed by atoms with Gasteiger partial charge in [-0.05, 0) is 0 Å². The van der Waals surface area contributed by atoms with Crippen LogP contribution < -0.4 is 0 Å². The van der Waals surface area contributed by atoms with Gasteiger partial charge >= 0.3 is 51.7 Å². The molecule has 0 N–H and O–H groups in total. The molecule has 0 nitrogen and oxygen atoms in total. The van der Waals surface area contributed by atoms with Crippen molar-refractivity contribution >= 4 is 38.2 Å². The summed E-state index contributed by atoms with van der Waals surface area (Å²) in [6, 6.07) is 0. The summed E-state index contributed by atoms with van der Waals surface area (Å²) in [6.07, 6.45) is 0. The van der Waals surface area contributed by atoms with Gasteiger partial charge in [0.25, 0.3) is 0 Å². The van der Waals surface area contributed by atoms with Gasteiger partial charge in [0, 0.05) is 0 Å². The van der Waals surface area contributed by atoms with Crippen molar-refractivity contribution in [1.29, 1.82) is 0 Å². The maximum atomic E-state index is 2.92. The topological polar surface area (TPSA) is 0 Å². The van der Waals surface area contributed by atoms with Gasteiger partial charge in [0.2, 0.25) is 0 Å². The third-order valence-corrected chi connectivity index (χ3v) is 3.27. The molecule has 0 atom stereocenters. The average Bonchev–Trinajstić information content (AvgIpc) is 1.86. The van der Waals surface area contributed by atoms with Gasteiger partial charge < -0.3 is 0 Å². The molecular formula is C3H2S2Se. The van der Waals surface area contributed by atoms with Crippen LogP contribution in [0.15, 0.2) is 10.8 Å². The van der Waals surface area contributed by atoms with Crippen molar-refractivity contribution in [1.82, 2.24) is 0 Å². The fourth-order valence-electron chi connectivity index (χ4n) is 0.194. The molecule has 0 aliphatic heterocycles. The molecule has 0 saturated heterocycles. The summed E-state index contributed by atoms with van der Waals surface area (Å²) < 4.78 is 1.30. The third kappa shape index (κ3) is 1.02. The number of hydrogen-bond donors (Lipinski definition) is 0. The summed E-state index contributed by atoms with van der Waals surface area (Å²) >= 11 is 6.40. The van der Waals surface area contributed by atoms with Crippen molar-refractivity contribution in [2.45, 2.75) is 0 Å². The molecule has 0 radical (unpaired) electrons. The minimum atomic E-state index is 1.30. The molecule has 0 spiro atoms. The summed E-state index contributed by atoms with van der Waals surface area (Å²) in [5.41, 5.74) is 0. The van der Waals surface area contributed by atoms with Crippen LogP contribution in [0.3, 0.4) is 0 Å². The molecule has 1 heterocycles. The first-order valence-corrected chi connectivity index (χ1v) is 4.03. The molecule has 1 aromatic rings. The second-order valence-electron chi connectivity index (χ2n) is 0.758. The quantitative estimate of drug-likeness (QED) is 0.532. The van der Waals surface area contributed by atoms with Crippen LogP contribution in [0.4, 0.5) is 0 Å². The summed E-state index contributed by atoms with van der Waals surface area (Å²) in [5.74, 6) is 0. The van der Waals surface area contributed by atoms with Crippen molar-refractivity contribution in [3.8, 4) is 0 Å². The molecule has 1 aromatic heterocycles. The van der Waals surface area contributed by atoms with Gasteiger partial charge in [-0.25, -0.2) is 0 Å². The molecule has 0 aliphatic rings. The fourth-order valence-corrected chi connectivity index (χ4v) is 2.12. The van der Waals surface area contributed by atoms with Gasteiger partial charge in [-0.3, -0.25) is 0 Å². The van der Waals surface area contributed by atoms with Crippen molar-refractivity contribution in [2.75, 3.05) is 0 Å². The zero-order chi connectivity index (χ0) is 4.41. The Labute approximate surface area is 51.8 Å². The molecule has 0 bridgehead atoms. The molecule has 0 amide bonds. The summed E-state index contributed by atoms with van der Waals surface area (Å²) in [7, 11) is 0. The van der Waals surface area contributed by atoms with E-state index in [-0.39, 0.29) is 0 Å². The second kappa shape index (κ2) is 2.03. The van der Waals surface area contributed by atoms with Gasteiger partial charge in [0.15, 0.2) is 0 Å². The van der Waals surface area contributed by atoms with Gasteiger partial charge in [-0.1, -0.05) is 0 Å². The van der Waals surface area contributed by atoms with Crippen LogP contribution in [-0.2, 0) is 0 Å². The van der Waals surface area contributed by atoms with Crippen molar-refractivity contribution < 1.29 is 0 Å². The molecule has 0 aromatic carbocycles. The van der Waals surface area contributed by atoms with E-state index in [1.165, 1.54) is 2.69 Å². The molecule has 1 rings (SSSR count). The summed E-state index contributed by atoms with van der Waals surface area (Å²) in [4.78, 5) is 0. The van der Waals surface area contributed by atoms with Crippen molar-refractivity contribution in [2.24, 2.45) is 0 Å². The van der Waals surface area contributed by atoms with E-state index in [0.29, 0.717) is 0 Å². The first-order chi connectivity index (χ1) is 2.89. The Balaban J connectivity index is 3.41. The van der Waals surface area contributed by atoms with Crippen molar-refractivity contribution in [3.05, 3.63) is 13.5 Å². The minimum absolute atomic E-state index is 1.30. The number of rotatable bonds is 0. The molecule has 0 aliphatic carbocycles. The second-order valence-corrected chi connectivity index (χ2v) is 4.87. The van der Waals surface area contributed by atoms with E-state index >= 15 is 0 Å². The standard InChI is InChI=1S/C3H2S2Se/c6-3-4-1-2-5-3/h1-2H. The summed E-state index contributed by atoms with van der Waals surface area (Å²) in [6.45, 7) is 0. The molecular weight excluding hydrogens is 179 g/mol. The van der Waals surface area contributed by atoms with E-state index in [4.69, 9.17) is 0 Å². The molecule has 0 unspecified atom stereocenters. The normalized spacial score (nSPS) is 8.67. The Morgan fingerprint density at radius 2 is 1.83 bits per heavy atom. The van der Waals surface area contributed by atoms with Crippen LogP contribution >= 0.6 is 22.7 Å². The zero-order valence-corrected chi connectivity index (χ0v) is 6.23. The van der Waals surface area contributed by atoms with E-state index in [0.717, 1.165) is 0 Å². The van der Waals surface area contributed by atoms with Gasteiger partial charge in [-0.2, -0.15) is 0 Å². The Hall–Kier alpha value is 0.569. The van der Waals surface area contributed by atoms with Crippen LogP contribution in [0.2, 0.25) is 0 Å². The van der Waals surface area contributed by atoms with Gasteiger partial charge in [0.1, 0.15) is 0 Å². The molecule has 3 heteroatoms. The fraction of sp³-hybridized carbons (Fsp3) is 0. The summed E-state index contributed by atoms with van der Waals surface area (Å²) in [5, 5.41) is 4.13. The maximum absolute atomic E-state index is 2.92. The Morgan fingerprint density at radius 3 is 2.00 bits per heavy atom. The first-order valence-electron chi connectivity index (χ1n) is 1.42. The van der Waals surface area contributed by atoms with Crippen LogP contribution in [-0.4, -0.2) is 15.6 Å². The Kier molecular flexibility index (Phi) is 1.60. The van der Waals surface area contributed by atoms with Gasteiger partial charge in [0.05, 0.1) is 0 Å². The van der Waals surface area contributed by atoms with Gasteiger partial charge in [-0.15, -0.1) is 0 Å². The van der Waals surface area contributed by atoms with Crippen LogP contribution in [0, 0.1) is 2.69 Å². The van der Waals surface area contributed by atoms with Crippen molar-refractivity contribution in [3.63, 3.8) is 0 Å². The number of hydrogen-bond acceptors (Lipinski definition) is 2. The van der Waals surface area contributed by atoms with Crippen LogP contribution in [0.5, 0.6) is 0 Å². The predicted molar refractivity (Wildman–Crippen MR) is 31.2 cm³/mol. The third-order valence-electron chi connectivity index (χ3n) is 0.384. The van der Waals surface area contributed by atoms with Crippen LogP contribution in [0.1, 0.15) is 0 Å². The van der Waals surface area contributed by atoms with E-state index in [9.17, 15) is 0 Å². The predicted octanol–water partition coefficient (Wildman–Crippen LogP) is 1.51. The van der Waals surface area contributed by atoms with E-state index < -0.39 is 0 Å². The monoisotopic (exact) mass is 182 g/mol. The Bertz CT molecular complexity index is 147. The zero-order valence-electron chi connectivity index (χ0n) is 2.88. The molecule has 6 heavy (non-hydrogen) atoms. The van der Waals surface area contributed by atoms with E-state index in [1.807, 2.05) is 0 Å². The molecule has 0 fully saturated rings. The van der Waals surface area contributed by atoms with E-state index in [1.54, 1.807) is 22.7 Å². The molecule has 0 saturated carbocycles. The molecule has 32 valence electrons. The van der Waals surface area contributed by atoms with E-state index in [2.05, 4.69) is 26.3 Å².